The zero-order valence-corrected chi connectivity index (χ0v) is 16.4. The molecule has 2 aromatic carbocycles. The highest BCUT2D eigenvalue weighted by atomic mass is 35.5. The van der Waals surface area contributed by atoms with Crippen LogP contribution in [0.1, 0.15) is 18.1 Å². The van der Waals surface area contributed by atoms with Crippen LogP contribution in [0.4, 0.5) is 4.39 Å². The summed E-state index contributed by atoms with van der Waals surface area (Å²) in [6.07, 6.45) is 0. The van der Waals surface area contributed by atoms with Crippen molar-refractivity contribution >= 4 is 29.3 Å². The standard InChI is InChI=1S/C19H21ClFNO3S/c1-12(26-11-14-15(20)5-4-6-16(14)21)19(23)22-10-13-7-8-17(24-2)18(9-13)25-3/h4-9,12H,10-11H2,1-3H3,(H,22,23). The lowest BCUT2D eigenvalue weighted by atomic mass is 10.2. The van der Waals surface area contributed by atoms with E-state index in [1.807, 2.05) is 12.1 Å². The number of carbonyl (C=O) groups is 1. The first-order chi connectivity index (χ1) is 12.5. The molecule has 0 heterocycles. The summed E-state index contributed by atoms with van der Waals surface area (Å²) in [5.74, 6) is 1.08. The molecule has 0 radical (unpaired) electrons. The predicted octanol–water partition coefficient (Wildman–Crippen LogP) is 4.43. The quantitative estimate of drug-likeness (QED) is 0.715. The Bertz CT molecular complexity index is 752. The number of hydrogen-bond donors (Lipinski definition) is 1. The number of benzene rings is 2. The number of rotatable bonds is 8. The molecule has 0 saturated carbocycles. The third kappa shape index (κ3) is 5.29. The summed E-state index contributed by atoms with van der Waals surface area (Å²) in [5, 5.41) is 2.90. The zero-order valence-electron chi connectivity index (χ0n) is 14.8. The molecule has 0 aliphatic heterocycles. The van der Waals surface area contributed by atoms with Crippen molar-refractivity contribution in [1.82, 2.24) is 5.32 Å². The maximum Gasteiger partial charge on any atom is 0.233 e. The van der Waals surface area contributed by atoms with Gasteiger partial charge in [-0.1, -0.05) is 23.7 Å². The topological polar surface area (TPSA) is 47.6 Å². The second-order valence-electron chi connectivity index (χ2n) is 5.56. The summed E-state index contributed by atoms with van der Waals surface area (Å²) < 4.78 is 24.2. The monoisotopic (exact) mass is 397 g/mol. The lowest BCUT2D eigenvalue weighted by molar-refractivity contribution is -0.120. The molecule has 0 saturated heterocycles. The molecule has 0 aliphatic carbocycles. The smallest absolute Gasteiger partial charge is 0.233 e. The van der Waals surface area contributed by atoms with Gasteiger partial charge in [-0.25, -0.2) is 4.39 Å². The highest BCUT2D eigenvalue weighted by Gasteiger charge is 2.16. The minimum atomic E-state index is -0.358. The number of hydrogen-bond acceptors (Lipinski definition) is 4. The number of halogens is 2. The third-order valence-electron chi connectivity index (χ3n) is 3.82. The maximum absolute atomic E-state index is 13.8. The van der Waals surface area contributed by atoms with Crippen LogP contribution >= 0.6 is 23.4 Å². The number of nitrogens with one attached hydrogen (secondary N) is 1. The predicted molar refractivity (Wildman–Crippen MR) is 104 cm³/mol. The Morgan fingerprint density at radius 3 is 2.62 bits per heavy atom. The third-order valence-corrected chi connectivity index (χ3v) is 5.35. The summed E-state index contributed by atoms with van der Waals surface area (Å²) in [7, 11) is 3.13. The molecule has 0 fully saturated rings. The largest absolute Gasteiger partial charge is 0.493 e. The molecule has 1 unspecified atom stereocenters. The second-order valence-corrected chi connectivity index (χ2v) is 7.30. The van der Waals surface area contributed by atoms with E-state index in [-0.39, 0.29) is 17.0 Å². The number of amides is 1. The Balaban J connectivity index is 1.89. The molecule has 1 amide bonds. The van der Waals surface area contributed by atoms with E-state index in [1.54, 1.807) is 39.3 Å². The molecule has 140 valence electrons. The van der Waals surface area contributed by atoms with Gasteiger partial charge in [0.2, 0.25) is 5.91 Å². The van der Waals surface area contributed by atoms with Gasteiger partial charge in [0.25, 0.3) is 0 Å². The van der Waals surface area contributed by atoms with Crippen molar-refractivity contribution in [3.05, 3.63) is 58.4 Å². The molecule has 0 bridgehead atoms. The van der Waals surface area contributed by atoms with Crippen molar-refractivity contribution in [3.63, 3.8) is 0 Å². The Morgan fingerprint density at radius 2 is 1.96 bits per heavy atom. The molecule has 4 nitrogen and oxygen atoms in total. The van der Waals surface area contributed by atoms with Crippen LogP contribution in [0.2, 0.25) is 5.02 Å². The molecule has 0 aromatic heterocycles. The van der Waals surface area contributed by atoms with Crippen LogP contribution in [0.15, 0.2) is 36.4 Å². The van der Waals surface area contributed by atoms with Crippen molar-refractivity contribution in [3.8, 4) is 11.5 Å². The summed E-state index contributed by atoms with van der Waals surface area (Å²) in [6.45, 7) is 2.15. The second kappa shape index (κ2) is 9.69. The van der Waals surface area contributed by atoms with Crippen LogP contribution in [0, 0.1) is 5.82 Å². The van der Waals surface area contributed by atoms with E-state index in [1.165, 1.54) is 17.8 Å². The van der Waals surface area contributed by atoms with Gasteiger partial charge in [-0.15, -0.1) is 11.8 Å². The number of methoxy groups -OCH3 is 2. The minimum absolute atomic E-state index is 0.128. The van der Waals surface area contributed by atoms with Crippen molar-refractivity contribution in [2.75, 3.05) is 14.2 Å². The number of ether oxygens (including phenoxy) is 2. The van der Waals surface area contributed by atoms with Gasteiger partial charge in [-0.2, -0.15) is 0 Å². The normalized spacial score (nSPS) is 11.7. The van der Waals surface area contributed by atoms with E-state index in [2.05, 4.69) is 5.32 Å². The highest BCUT2D eigenvalue weighted by Crippen LogP contribution is 2.28. The van der Waals surface area contributed by atoms with Crippen LogP contribution in [-0.4, -0.2) is 25.4 Å². The van der Waals surface area contributed by atoms with E-state index < -0.39 is 0 Å². The Hall–Kier alpha value is -1.92. The van der Waals surface area contributed by atoms with Gasteiger partial charge < -0.3 is 14.8 Å². The summed E-state index contributed by atoms with van der Waals surface area (Å²) >= 11 is 7.34. The molecule has 0 spiro atoms. The Morgan fingerprint density at radius 1 is 1.23 bits per heavy atom. The van der Waals surface area contributed by atoms with Gasteiger partial charge in [-0.3, -0.25) is 4.79 Å². The van der Waals surface area contributed by atoms with Crippen LogP contribution in [-0.2, 0) is 17.1 Å². The van der Waals surface area contributed by atoms with Crippen molar-refractivity contribution < 1.29 is 18.7 Å². The molecule has 2 rings (SSSR count). The van der Waals surface area contributed by atoms with E-state index in [9.17, 15) is 9.18 Å². The molecule has 1 N–H and O–H groups in total. The first-order valence-corrected chi connectivity index (χ1v) is 9.42. The molecule has 2 aromatic rings. The molecular formula is C19H21ClFNO3S. The van der Waals surface area contributed by atoms with Gasteiger partial charge in [0.1, 0.15) is 5.82 Å². The van der Waals surface area contributed by atoms with E-state index in [4.69, 9.17) is 21.1 Å². The maximum atomic E-state index is 13.8. The molecule has 7 heteroatoms. The molecule has 0 aliphatic rings. The van der Waals surface area contributed by atoms with E-state index >= 15 is 0 Å². The van der Waals surface area contributed by atoms with Crippen LogP contribution < -0.4 is 14.8 Å². The molecule has 1 atom stereocenters. The van der Waals surface area contributed by atoms with Gasteiger partial charge >= 0.3 is 0 Å². The van der Waals surface area contributed by atoms with Crippen molar-refractivity contribution in [2.24, 2.45) is 0 Å². The lowest BCUT2D eigenvalue weighted by Crippen LogP contribution is -2.30. The average Bonchev–Trinajstić information content (AvgIpc) is 2.65. The van der Waals surface area contributed by atoms with Gasteiger partial charge in [0.05, 0.1) is 19.5 Å². The first-order valence-electron chi connectivity index (χ1n) is 7.99. The molecular weight excluding hydrogens is 377 g/mol. The minimum Gasteiger partial charge on any atom is -0.493 e. The SMILES string of the molecule is COc1ccc(CNC(=O)C(C)SCc2c(F)cccc2Cl)cc1OC. The zero-order chi connectivity index (χ0) is 19.1. The van der Waals surface area contributed by atoms with E-state index in [0.29, 0.717) is 34.4 Å². The number of thioether (sulfide) groups is 1. The fourth-order valence-electron chi connectivity index (χ4n) is 2.28. The first kappa shape index (κ1) is 20.4. The van der Waals surface area contributed by atoms with Gasteiger partial charge in [0, 0.05) is 22.9 Å². The lowest BCUT2D eigenvalue weighted by Gasteiger charge is -2.14. The summed E-state index contributed by atoms with van der Waals surface area (Å²) in [4.78, 5) is 12.3. The fourth-order valence-corrected chi connectivity index (χ4v) is 3.53. The van der Waals surface area contributed by atoms with Crippen LogP contribution in [0.5, 0.6) is 11.5 Å². The summed E-state index contributed by atoms with van der Waals surface area (Å²) in [5.41, 5.74) is 1.31. The van der Waals surface area contributed by atoms with Crippen LogP contribution in [0.25, 0.3) is 0 Å². The summed E-state index contributed by atoms with van der Waals surface area (Å²) in [6, 6.07) is 10.0. The fraction of sp³-hybridized carbons (Fsp3) is 0.316. The van der Waals surface area contributed by atoms with Gasteiger partial charge in [0.15, 0.2) is 11.5 Å². The van der Waals surface area contributed by atoms with Gasteiger partial charge in [-0.05, 0) is 36.8 Å². The Kier molecular flexibility index (Phi) is 7.60. The van der Waals surface area contributed by atoms with Crippen molar-refractivity contribution in [1.29, 1.82) is 0 Å². The number of carbonyl (C=O) groups excluding carboxylic acids is 1. The Labute approximate surface area is 162 Å². The molecule has 26 heavy (non-hydrogen) atoms. The van der Waals surface area contributed by atoms with Crippen LogP contribution in [0.3, 0.4) is 0 Å². The van der Waals surface area contributed by atoms with Crippen molar-refractivity contribution in [2.45, 2.75) is 24.5 Å². The van der Waals surface area contributed by atoms with E-state index in [0.717, 1.165) is 5.56 Å². The average molecular weight is 398 g/mol. The highest BCUT2D eigenvalue weighted by molar-refractivity contribution is 7.99.